The molecule has 0 atom stereocenters. The van der Waals surface area contributed by atoms with Crippen LogP contribution in [0.4, 0.5) is 5.69 Å². The van der Waals surface area contributed by atoms with Gasteiger partial charge >= 0.3 is 0 Å². The van der Waals surface area contributed by atoms with E-state index in [0.717, 1.165) is 12.8 Å². The van der Waals surface area contributed by atoms with Crippen molar-refractivity contribution >= 4 is 23.2 Å². The molecule has 1 saturated carbocycles. The van der Waals surface area contributed by atoms with Crippen molar-refractivity contribution in [2.75, 3.05) is 5.32 Å². The molecule has 2 aliphatic rings. The molecule has 26 heavy (non-hydrogen) atoms. The second-order valence-corrected chi connectivity index (χ2v) is 7.19. The number of carbonyl (C=O) groups excluding carboxylic acids is 3. The second kappa shape index (κ2) is 6.87. The highest BCUT2D eigenvalue weighted by Crippen LogP contribution is 2.32. The van der Waals surface area contributed by atoms with Crippen LogP contribution < -0.4 is 5.32 Å². The first-order valence-corrected chi connectivity index (χ1v) is 9.26. The van der Waals surface area contributed by atoms with E-state index in [1.165, 1.54) is 19.3 Å². The van der Waals surface area contributed by atoms with Crippen LogP contribution in [-0.2, 0) is 4.79 Å². The molecule has 4 heteroatoms. The standard InChI is InChI=1S/C22H21NO3/c24-19(13-14-7-2-1-3-8-14)23-18-12-6-11-17-20(18)22(26)16-10-5-4-9-15(16)21(17)25/h4-6,9-12,14H,1-3,7-8,13H2,(H,23,24). The van der Waals surface area contributed by atoms with E-state index in [2.05, 4.69) is 5.32 Å². The molecule has 1 amide bonds. The van der Waals surface area contributed by atoms with Gasteiger partial charge in [-0.05, 0) is 24.8 Å². The van der Waals surface area contributed by atoms with Crippen LogP contribution in [0, 0.1) is 5.92 Å². The first kappa shape index (κ1) is 16.7. The SMILES string of the molecule is O=C(CC1CCCCC1)Nc1cccc2c1C(=O)c1ccccc1C2=O. The molecule has 132 valence electrons. The van der Waals surface area contributed by atoms with Crippen molar-refractivity contribution in [1.82, 2.24) is 0 Å². The minimum absolute atomic E-state index is 0.0793. The summed E-state index contributed by atoms with van der Waals surface area (Å²) in [5.41, 5.74) is 1.95. The Morgan fingerprint density at radius 2 is 1.50 bits per heavy atom. The monoisotopic (exact) mass is 347 g/mol. The highest BCUT2D eigenvalue weighted by molar-refractivity contribution is 6.30. The van der Waals surface area contributed by atoms with Crippen molar-refractivity contribution in [3.63, 3.8) is 0 Å². The number of rotatable bonds is 3. The van der Waals surface area contributed by atoms with E-state index in [0.29, 0.717) is 40.3 Å². The molecule has 2 aliphatic carbocycles. The molecule has 4 rings (SSSR count). The molecule has 0 radical (unpaired) electrons. The number of anilines is 1. The van der Waals surface area contributed by atoms with Crippen LogP contribution in [0.1, 0.15) is 70.4 Å². The molecule has 0 aliphatic heterocycles. The molecule has 2 aromatic rings. The first-order valence-electron chi connectivity index (χ1n) is 9.26. The maximum atomic E-state index is 12.9. The topological polar surface area (TPSA) is 63.2 Å². The summed E-state index contributed by atoms with van der Waals surface area (Å²) < 4.78 is 0. The Bertz CT molecular complexity index is 894. The number of ketones is 2. The van der Waals surface area contributed by atoms with E-state index < -0.39 is 0 Å². The van der Waals surface area contributed by atoms with Crippen molar-refractivity contribution in [1.29, 1.82) is 0 Å². The Morgan fingerprint density at radius 1 is 0.846 bits per heavy atom. The fourth-order valence-corrected chi connectivity index (χ4v) is 4.10. The molecule has 0 aromatic heterocycles. The van der Waals surface area contributed by atoms with E-state index in [1.54, 1.807) is 42.5 Å². The Balaban J connectivity index is 1.62. The second-order valence-electron chi connectivity index (χ2n) is 7.19. The van der Waals surface area contributed by atoms with Gasteiger partial charge in [0.1, 0.15) is 0 Å². The van der Waals surface area contributed by atoms with Crippen molar-refractivity contribution in [3.8, 4) is 0 Å². The van der Waals surface area contributed by atoms with Crippen LogP contribution in [0.2, 0.25) is 0 Å². The fraction of sp³-hybridized carbons (Fsp3) is 0.318. The zero-order valence-electron chi connectivity index (χ0n) is 14.6. The van der Waals surface area contributed by atoms with Gasteiger partial charge in [0.15, 0.2) is 11.6 Å². The Morgan fingerprint density at radius 3 is 2.23 bits per heavy atom. The lowest BCUT2D eigenvalue weighted by atomic mass is 9.83. The van der Waals surface area contributed by atoms with Gasteiger partial charge in [0.25, 0.3) is 0 Å². The summed E-state index contributed by atoms with van der Waals surface area (Å²) in [6, 6.07) is 11.9. The van der Waals surface area contributed by atoms with Crippen molar-refractivity contribution < 1.29 is 14.4 Å². The molecule has 0 bridgehead atoms. The summed E-state index contributed by atoms with van der Waals surface area (Å²) in [6.45, 7) is 0. The van der Waals surface area contributed by atoms with Gasteiger partial charge in [-0.3, -0.25) is 14.4 Å². The highest BCUT2D eigenvalue weighted by Gasteiger charge is 2.31. The van der Waals surface area contributed by atoms with Crippen molar-refractivity contribution in [2.24, 2.45) is 5.92 Å². The Kier molecular flexibility index (Phi) is 4.41. The lowest BCUT2D eigenvalue weighted by Gasteiger charge is -2.22. The quantitative estimate of drug-likeness (QED) is 0.765. The Hall–Kier alpha value is -2.75. The minimum atomic E-state index is -0.205. The molecule has 1 N–H and O–H groups in total. The molecule has 0 spiro atoms. The summed E-state index contributed by atoms with van der Waals surface area (Å²) in [4.78, 5) is 38.2. The van der Waals surface area contributed by atoms with Gasteiger partial charge in [0.05, 0.1) is 11.3 Å². The van der Waals surface area contributed by atoms with Gasteiger partial charge in [-0.15, -0.1) is 0 Å². The lowest BCUT2D eigenvalue weighted by molar-refractivity contribution is -0.117. The lowest BCUT2D eigenvalue weighted by Crippen LogP contribution is -2.24. The number of carbonyl (C=O) groups is 3. The molecular weight excluding hydrogens is 326 g/mol. The smallest absolute Gasteiger partial charge is 0.224 e. The van der Waals surface area contributed by atoms with Gasteiger partial charge in [-0.2, -0.15) is 0 Å². The fourth-order valence-electron chi connectivity index (χ4n) is 4.10. The van der Waals surface area contributed by atoms with Gasteiger partial charge in [0, 0.05) is 23.1 Å². The summed E-state index contributed by atoms with van der Waals surface area (Å²) in [7, 11) is 0. The third-order valence-electron chi connectivity index (χ3n) is 5.43. The van der Waals surface area contributed by atoms with E-state index in [9.17, 15) is 14.4 Å². The molecule has 1 fully saturated rings. The van der Waals surface area contributed by atoms with Crippen LogP contribution in [0.3, 0.4) is 0 Å². The number of amides is 1. The average Bonchev–Trinajstić information content (AvgIpc) is 2.67. The number of nitrogens with one attached hydrogen (secondary N) is 1. The predicted octanol–water partition coefficient (Wildman–Crippen LogP) is 4.37. The van der Waals surface area contributed by atoms with E-state index in [-0.39, 0.29) is 17.5 Å². The van der Waals surface area contributed by atoms with E-state index in [1.807, 2.05) is 0 Å². The highest BCUT2D eigenvalue weighted by atomic mass is 16.2. The zero-order chi connectivity index (χ0) is 18.1. The summed E-state index contributed by atoms with van der Waals surface area (Å²) in [5, 5.41) is 2.89. The van der Waals surface area contributed by atoms with Gasteiger partial charge in [-0.25, -0.2) is 0 Å². The third-order valence-corrected chi connectivity index (χ3v) is 5.43. The first-order chi connectivity index (χ1) is 12.6. The van der Waals surface area contributed by atoms with Gasteiger partial charge < -0.3 is 5.32 Å². The number of hydrogen-bond acceptors (Lipinski definition) is 3. The van der Waals surface area contributed by atoms with Crippen molar-refractivity contribution in [3.05, 3.63) is 64.7 Å². The average molecular weight is 347 g/mol. The van der Waals surface area contributed by atoms with Gasteiger partial charge in [-0.1, -0.05) is 55.7 Å². The molecular formula is C22H21NO3. The van der Waals surface area contributed by atoms with Crippen molar-refractivity contribution in [2.45, 2.75) is 38.5 Å². The molecule has 0 unspecified atom stereocenters. The maximum Gasteiger partial charge on any atom is 0.224 e. The molecule has 2 aromatic carbocycles. The van der Waals surface area contributed by atoms with E-state index >= 15 is 0 Å². The maximum absolute atomic E-state index is 12.9. The summed E-state index contributed by atoms with van der Waals surface area (Å²) >= 11 is 0. The largest absolute Gasteiger partial charge is 0.325 e. The molecule has 0 heterocycles. The summed E-state index contributed by atoms with van der Waals surface area (Å²) in [5.74, 6) is -0.0342. The van der Waals surface area contributed by atoms with Crippen LogP contribution in [0.25, 0.3) is 0 Å². The van der Waals surface area contributed by atoms with Crippen LogP contribution >= 0.6 is 0 Å². The zero-order valence-corrected chi connectivity index (χ0v) is 14.6. The normalized spacial score (nSPS) is 16.8. The number of benzene rings is 2. The minimum Gasteiger partial charge on any atom is -0.325 e. The van der Waals surface area contributed by atoms with Gasteiger partial charge in [0.2, 0.25) is 5.91 Å². The third kappa shape index (κ3) is 2.96. The Labute approximate surface area is 152 Å². The predicted molar refractivity (Wildman–Crippen MR) is 99.6 cm³/mol. The molecule has 4 nitrogen and oxygen atoms in total. The van der Waals surface area contributed by atoms with Crippen LogP contribution in [0.15, 0.2) is 42.5 Å². The molecule has 0 saturated heterocycles. The van der Waals surface area contributed by atoms with Crippen LogP contribution in [-0.4, -0.2) is 17.5 Å². The number of fused-ring (bicyclic) bond motifs is 2. The number of hydrogen-bond donors (Lipinski definition) is 1. The van der Waals surface area contributed by atoms with E-state index in [4.69, 9.17) is 0 Å². The summed E-state index contributed by atoms with van der Waals surface area (Å²) in [6.07, 6.45) is 6.27. The van der Waals surface area contributed by atoms with Crippen LogP contribution in [0.5, 0.6) is 0 Å².